The van der Waals surface area contributed by atoms with Crippen LogP contribution in [-0.4, -0.2) is 29.3 Å². The van der Waals surface area contributed by atoms with Gasteiger partial charge in [-0.15, -0.1) is 11.3 Å². The highest BCUT2D eigenvalue weighted by molar-refractivity contribution is 7.19. The zero-order chi connectivity index (χ0) is 16.6. The smallest absolute Gasteiger partial charge is 0.356 e. The number of nitrogens with one attached hydrogen (secondary N) is 1. The number of hydrogen-bond acceptors (Lipinski definition) is 5. The number of rotatable bonds is 4. The molecule has 2 heterocycles. The molecule has 1 amide bonds. The lowest BCUT2D eigenvalue weighted by Gasteiger charge is -2.09. The van der Waals surface area contributed by atoms with Crippen LogP contribution in [0.25, 0.3) is 10.2 Å². The third-order valence-electron chi connectivity index (χ3n) is 3.43. The number of carbonyl (C=O) groups is 3. The van der Waals surface area contributed by atoms with Crippen molar-refractivity contribution in [1.82, 2.24) is 4.57 Å². The molecule has 0 aliphatic heterocycles. The van der Waals surface area contributed by atoms with E-state index < -0.39 is 5.97 Å². The van der Waals surface area contributed by atoms with Crippen molar-refractivity contribution in [2.75, 3.05) is 12.4 Å². The molecule has 0 aliphatic rings. The second-order valence-corrected chi connectivity index (χ2v) is 6.35. The highest BCUT2D eigenvalue weighted by Crippen LogP contribution is 2.40. The molecule has 0 atom stereocenters. The van der Waals surface area contributed by atoms with Crippen molar-refractivity contribution in [2.45, 2.75) is 34.2 Å². The van der Waals surface area contributed by atoms with Crippen LogP contribution in [0.3, 0.4) is 0 Å². The van der Waals surface area contributed by atoms with E-state index in [2.05, 4.69) is 5.32 Å². The minimum absolute atomic E-state index is 0.0555. The second-order valence-electron chi connectivity index (χ2n) is 5.15. The van der Waals surface area contributed by atoms with Crippen molar-refractivity contribution in [2.24, 2.45) is 0 Å². The summed E-state index contributed by atoms with van der Waals surface area (Å²) < 4.78 is 6.46. The molecular formula is C15H18N2O4S. The van der Waals surface area contributed by atoms with Crippen LogP contribution in [-0.2, 0) is 20.9 Å². The van der Waals surface area contributed by atoms with Gasteiger partial charge in [-0.2, -0.15) is 0 Å². The largest absolute Gasteiger partial charge is 0.464 e. The molecule has 1 N–H and O–H groups in total. The van der Waals surface area contributed by atoms with E-state index in [1.165, 1.54) is 32.3 Å². The number of aromatic nitrogens is 1. The average Bonchev–Trinajstić information content (AvgIpc) is 2.85. The first-order valence-electron chi connectivity index (χ1n) is 6.75. The number of fused-ring (bicyclic) bond motifs is 1. The summed E-state index contributed by atoms with van der Waals surface area (Å²) in [5, 5.41) is 3.51. The van der Waals surface area contributed by atoms with E-state index in [0.717, 1.165) is 20.7 Å². The van der Waals surface area contributed by atoms with Gasteiger partial charge in [-0.3, -0.25) is 9.59 Å². The quantitative estimate of drug-likeness (QED) is 0.878. The first-order chi connectivity index (χ1) is 10.3. The highest BCUT2D eigenvalue weighted by atomic mass is 32.1. The number of aryl methyl sites for hydroxylation is 2. The average molecular weight is 322 g/mol. The minimum atomic E-state index is -0.578. The number of esters is 1. The Balaban J connectivity index is 2.87. The molecule has 7 heteroatoms. The van der Waals surface area contributed by atoms with Crippen molar-refractivity contribution < 1.29 is 19.1 Å². The SMILES string of the molecule is COC(=O)c1c(NC(C)=O)c2c(C)c(C)sc2n1CC(C)=O. The van der Waals surface area contributed by atoms with Crippen molar-refractivity contribution in [1.29, 1.82) is 0 Å². The first kappa shape index (κ1) is 16.2. The molecule has 0 saturated carbocycles. The van der Waals surface area contributed by atoms with Gasteiger partial charge in [0.25, 0.3) is 0 Å². The number of methoxy groups -OCH3 is 1. The molecule has 6 nitrogen and oxygen atoms in total. The van der Waals surface area contributed by atoms with E-state index in [1.807, 2.05) is 13.8 Å². The van der Waals surface area contributed by atoms with E-state index >= 15 is 0 Å². The predicted molar refractivity (Wildman–Crippen MR) is 85.6 cm³/mol. The minimum Gasteiger partial charge on any atom is -0.464 e. The summed E-state index contributed by atoms with van der Waals surface area (Å²) >= 11 is 1.49. The summed E-state index contributed by atoms with van der Waals surface area (Å²) in [6.07, 6.45) is 0. The molecule has 0 bridgehead atoms. The molecule has 118 valence electrons. The Morgan fingerprint density at radius 2 is 1.86 bits per heavy atom. The van der Waals surface area contributed by atoms with E-state index in [1.54, 1.807) is 4.57 Å². The van der Waals surface area contributed by atoms with E-state index in [-0.39, 0.29) is 23.9 Å². The van der Waals surface area contributed by atoms with Crippen molar-refractivity contribution in [3.8, 4) is 0 Å². The van der Waals surface area contributed by atoms with E-state index in [0.29, 0.717) is 5.69 Å². The van der Waals surface area contributed by atoms with Crippen LogP contribution >= 0.6 is 11.3 Å². The van der Waals surface area contributed by atoms with Crippen LogP contribution in [0.1, 0.15) is 34.8 Å². The number of hydrogen-bond donors (Lipinski definition) is 1. The maximum absolute atomic E-state index is 12.2. The number of ether oxygens (including phenoxy) is 1. The van der Waals surface area contributed by atoms with E-state index in [9.17, 15) is 14.4 Å². The van der Waals surface area contributed by atoms with Gasteiger partial charge in [0.15, 0.2) is 5.69 Å². The second kappa shape index (κ2) is 5.92. The fraction of sp³-hybridized carbons (Fsp3) is 0.400. The fourth-order valence-electron chi connectivity index (χ4n) is 2.43. The number of amides is 1. The monoisotopic (exact) mass is 322 g/mol. The lowest BCUT2D eigenvalue weighted by atomic mass is 10.2. The normalized spacial score (nSPS) is 10.8. The van der Waals surface area contributed by atoms with Gasteiger partial charge >= 0.3 is 5.97 Å². The number of Topliss-reactive ketones (excluding diaryl/α,β-unsaturated/α-hetero) is 1. The van der Waals surface area contributed by atoms with Crippen LogP contribution in [0.4, 0.5) is 5.69 Å². The van der Waals surface area contributed by atoms with Gasteiger partial charge < -0.3 is 14.6 Å². The maximum atomic E-state index is 12.2. The summed E-state index contributed by atoms with van der Waals surface area (Å²) in [7, 11) is 1.27. The van der Waals surface area contributed by atoms with Crippen LogP contribution in [0.2, 0.25) is 0 Å². The van der Waals surface area contributed by atoms with Crippen LogP contribution in [0.5, 0.6) is 0 Å². The Morgan fingerprint density at radius 3 is 2.36 bits per heavy atom. The molecule has 2 aromatic rings. The summed E-state index contributed by atoms with van der Waals surface area (Å²) in [5.41, 5.74) is 1.60. The molecule has 2 aromatic heterocycles. The van der Waals surface area contributed by atoms with E-state index in [4.69, 9.17) is 4.74 Å². The fourth-order valence-corrected chi connectivity index (χ4v) is 3.60. The molecule has 0 unspecified atom stereocenters. The van der Waals surface area contributed by atoms with Crippen LogP contribution < -0.4 is 5.32 Å². The lowest BCUT2D eigenvalue weighted by Crippen LogP contribution is -2.17. The summed E-state index contributed by atoms with van der Waals surface area (Å²) in [6.45, 7) is 6.79. The Kier molecular flexibility index (Phi) is 4.37. The first-order valence-corrected chi connectivity index (χ1v) is 7.57. The molecule has 0 fully saturated rings. The van der Waals surface area contributed by atoms with Crippen molar-refractivity contribution >= 4 is 44.9 Å². The van der Waals surface area contributed by atoms with Gasteiger partial charge in [0.05, 0.1) is 19.3 Å². The molecule has 22 heavy (non-hydrogen) atoms. The number of ketones is 1. The Bertz CT molecular complexity index is 785. The lowest BCUT2D eigenvalue weighted by molar-refractivity contribution is -0.117. The molecule has 0 aliphatic carbocycles. The molecule has 0 saturated heterocycles. The maximum Gasteiger partial charge on any atom is 0.356 e. The van der Waals surface area contributed by atoms with Gasteiger partial charge in [0.1, 0.15) is 10.6 Å². The number of thiophene rings is 1. The predicted octanol–water partition coefficient (Wildman–Crippen LogP) is 2.65. The number of carbonyl (C=O) groups excluding carboxylic acids is 3. The van der Waals surface area contributed by atoms with Crippen LogP contribution in [0.15, 0.2) is 0 Å². The summed E-state index contributed by atoms with van der Waals surface area (Å²) in [6, 6.07) is 0. The number of anilines is 1. The zero-order valence-corrected chi connectivity index (χ0v) is 14.0. The van der Waals surface area contributed by atoms with Crippen LogP contribution in [0, 0.1) is 13.8 Å². The van der Waals surface area contributed by atoms with Crippen molar-refractivity contribution in [3.05, 3.63) is 16.1 Å². The summed E-state index contributed by atoms with van der Waals surface area (Å²) in [5.74, 6) is -0.944. The molecular weight excluding hydrogens is 304 g/mol. The van der Waals surface area contributed by atoms with Gasteiger partial charge in [0.2, 0.25) is 5.91 Å². The third-order valence-corrected chi connectivity index (χ3v) is 4.66. The summed E-state index contributed by atoms with van der Waals surface area (Å²) in [4.78, 5) is 37.2. The van der Waals surface area contributed by atoms with Gasteiger partial charge in [-0.05, 0) is 26.3 Å². The Morgan fingerprint density at radius 1 is 1.23 bits per heavy atom. The highest BCUT2D eigenvalue weighted by Gasteiger charge is 2.28. The molecule has 2 rings (SSSR count). The van der Waals surface area contributed by atoms with Gasteiger partial charge in [-0.1, -0.05) is 0 Å². The Labute approximate surface area is 132 Å². The van der Waals surface area contributed by atoms with Gasteiger partial charge in [-0.25, -0.2) is 4.79 Å². The molecule has 0 aromatic carbocycles. The molecule has 0 radical (unpaired) electrons. The number of nitrogens with zero attached hydrogens (tertiary/aromatic N) is 1. The standard InChI is InChI=1S/C15H18N2O4S/c1-7(18)6-17-13(15(20)21-5)12(16-10(4)19)11-8(2)9(3)22-14(11)17/h6H2,1-5H3,(H,16,19). The topological polar surface area (TPSA) is 77.4 Å². The van der Waals surface area contributed by atoms with Gasteiger partial charge in [0, 0.05) is 17.2 Å². The molecule has 0 spiro atoms. The third kappa shape index (κ3) is 2.64. The van der Waals surface area contributed by atoms with Crippen molar-refractivity contribution in [3.63, 3.8) is 0 Å². The zero-order valence-electron chi connectivity index (χ0n) is 13.2. The Hall–Kier alpha value is -2.15.